The average Bonchev–Trinajstić information content (AvgIpc) is 3.09. The lowest BCUT2D eigenvalue weighted by Gasteiger charge is -2.41. The Kier molecular flexibility index (Phi) is 4.27. The maximum Gasteiger partial charge on any atom is 0.233 e. The van der Waals surface area contributed by atoms with Gasteiger partial charge in [-0.05, 0) is 37.9 Å². The van der Waals surface area contributed by atoms with Gasteiger partial charge >= 0.3 is 0 Å². The van der Waals surface area contributed by atoms with E-state index in [2.05, 4.69) is 17.4 Å². The summed E-state index contributed by atoms with van der Waals surface area (Å²) in [6, 6.07) is 10.5. The number of hydrogen-bond acceptors (Lipinski definition) is 3. The molecular formula is C17H24N2O2. The number of ether oxygens (including phenoxy) is 1. The molecule has 114 valence electrons. The highest BCUT2D eigenvalue weighted by Gasteiger charge is 2.44. The van der Waals surface area contributed by atoms with Gasteiger partial charge in [-0.2, -0.15) is 0 Å². The molecule has 2 aliphatic heterocycles. The lowest BCUT2D eigenvalue weighted by atomic mass is 9.72. The number of carbonyl (C=O) groups is 1. The van der Waals surface area contributed by atoms with Crippen molar-refractivity contribution in [1.82, 2.24) is 10.2 Å². The summed E-state index contributed by atoms with van der Waals surface area (Å²) in [6.45, 7) is 3.23. The zero-order valence-electron chi connectivity index (χ0n) is 12.7. The summed E-state index contributed by atoms with van der Waals surface area (Å²) < 4.78 is 5.45. The summed E-state index contributed by atoms with van der Waals surface area (Å²) in [7, 11) is 1.94. The van der Waals surface area contributed by atoms with Crippen molar-refractivity contribution in [2.24, 2.45) is 0 Å². The molecular weight excluding hydrogens is 264 g/mol. The van der Waals surface area contributed by atoms with E-state index in [1.807, 2.05) is 30.1 Å². The molecule has 0 spiro atoms. The Bertz CT molecular complexity index is 477. The largest absolute Gasteiger partial charge is 0.379 e. The van der Waals surface area contributed by atoms with Crippen LogP contribution in [-0.2, 0) is 14.9 Å². The Hall–Kier alpha value is -1.39. The molecule has 2 saturated heterocycles. The zero-order chi connectivity index (χ0) is 14.7. The fourth-order valence-electron chi connectivity index (χ4n) is 3.57. The SMILES string of the molecule is CN(C(=O)C1(c2ccccc2)CCNCC1)C1CCOC1. The molecule has 0 aliphatic carbocycles. The first kappa shape index (κ1) is 14.5. The summed E-state index contributed by atoms with van der Waals surface area (Å²) in [5.41, 5.74) is 0.784. The third kappa shape index (κ3) is 2.70. The van der Waals surface area contributed by atoms with Crippen molar-refractivity contribution in [1.29, 1.82) is 0 Å². The monoisotopic (exact) mass is 288 g/mol. The van der Waals surface area contributed by atoms with Gasteiger partial charge in [0.05, 0.1) is 18.1 Å². The molecule has 4 nitrogen and oxygen atoms in total. The van der Waals surface area contributed by atoms with Crippen LogP contribution in [0.5, 0.6) is 0 Å². The molecule has 0 aromatic heterocycles. The topological polar surface area (TPSA) is 41.6 Å². The molecule has 1 N–H and O–H groups in total. The standard InChI is InChI=1S/C17H24N2O2/c1-19(15-7-12-21-13-15)16(20)17(8-10-18-11-9-17)14-5-3-2-4-6-14/h2-6,15,18H,7-13H2,1H3. The van der Waals surface area contributed by atoms with E-state index in [1.165, 1.54) is 0 Å². The minimum absolute atomic E-state index is 0.230. The quantitative estimate of drug-likeness (QED) is 0.917. The Balaban J connectivity index is 1.89. The van der Waals surface area contributed by atoms with Gasteiger partial charge in [-0.3, -0.25) is 4.79 Å². The van der Waals surface area contributed by atoms with Crippen LogP contribution in [0.15, 0.2) is 30.3 Å². The first-order valence-electron chi connectivity index (χ1n) is 7.85. The second-order valence-electron chi connectivity index (χ2n) is 6.13. The number of carbonyl (C=O) groups excluding carboxylic acids is 1. The van der Waals surface area contributed by atoms with E-state index in [4.69, 9.17) is 4.74 Å². The molecule has 21 heavy (non-hydrogen) atoms. The van der Waals surface area contributed by atoms with Crippen molar-refractivity contribution >= 4 is 5.91 Å². The van der Waals surface area contributed by atoms with Crippen molar-refractivity contribution in [2.45, 2.75) is 30.7 Å². The molecule has 1 unspecified atom stereocenters. The van der Waals surface area contributed by atoms with Crippen molar-refractivity contribution in [2.75, 3.05) is 33.4 Å². The Morgan fingerprint density at radius 1 is 1.29 bits per heavy atom. The molecule has 2 aliphatic rings. The average molecular weight is 288 g/mol. The smallest absolute Gasteiger partial charge is 0.233 e. The van der Waals surface area contributed by atoms with Gasteiger partial charge in [0.15, 0.2) is 0 Å². The molecule has 3 rings (SSSR count). The van der Waals surface area contributed by atoms with Gasteiger partial charge in [0.1, 0.15) is 0 Å². The second kappa shape index (κ2) is 6.16. The maximum atomic E-state index is 13.3. The van der Waals surface area contributed by atoms with Crippen LogP contribution in [0.3, 0.4) is 0 Å². The molecule has 4 heteroatoms. The van der Waals surface area contributed by atoms with Gasteiger partial charge in [-0.1, -0.05) is 30.3 Å². The first-order valence-corrected chi connectivity index (χ1v) is 7.85. The summed E-state index contributed by atoms with van der Waals surface area (Å²) in [4.78, 5) is 15.2. The van der Waals surface area contributed by atoms with Crippen LogP contribution in [0.1, 0.15) is 24.8 Å². The van der Waals surface area contributed by atoms with Crippen molar-refractivity contribution in [3.05, 3.63) is 35.9 Å². The Morgan fingerprint density at radius 2 is 2.00 bits per heavy atom. The van der Waals surface area contributed by atoms with E-state index in [-0.39, 0.29) is 17.4 Å². The number of likely N-dealkylation sites (N-methyl/N-ethyl adjacent to an activating group) is 1. The van der Waals surface area contributed by atoms with Crippen LogP contribution in [0.25, 0.3) is 0 Å². The van der Waals surface area contributed by atoms with Gasteiger partial charge in [0.2, 0.25) is 5.91 Å². The van der Waals surface area contributed by atoms with Crippen LogP contribution in [0.4, 0.5) is 0 Å². The lowest BCUT2D eigenvalue weighted by Crippen LogP contribution is -2.53. The third-order valence-corrected chi connectivity index (χ3v) is 4.97. The van der Waals surface area contributed by atoms with E-state index in [1.54, 1.807) is 0 Å². The number of rotatable bonds is 3. The van der Waals surface area contributed by atoms with Gasteiger partial charge in [0.25, 0.3) is 0 Å². The number of amides is 1. The number of nitrogens with zero attached hydrogens (tertiary/aromatic N) is 1. The molecule has 0 saturated carbocycles. The predicted octanol–water partition coefficient (Wildman–Crippen LogP) is 1.56. The molecule has 1 aromatic rings. The van der Waals surface area contributed by atoms with E-state index in [0.717, 1.165) is 44.5 Å². The minimum Gasteiger partial charge on any atom is -0.379 e. The van der Waals surface area contributed by atoms with Gasteiger partial charge < -0.3 is 15.0 Å². The molecule has 2 heterocycles. The van der Waals surface area contributed by atoms with E-state index in [9.17, 15) is 4.79 Å². The fraction of sp³-hybridized carbons (Fsp3) is 0.588. The van der Waals surface area contributed by atoms with Crippen LogP contribution >= 0.6 is 0 Å². The first-order chi connectivity index (χ1) is 10.2. The lowest BCUT2D eigenvalue weighted by molar-refractivity contribution is -0.139. The highest BCUT2D eigenvalue weighted by Crippen LogP contribution is 2.36. The van der Waals surface area contributed by atoms with E-state index >= 15 is 0 Å². The third-order valence-electron chi connectivity index (χ3n) is 4.97. The van der Waals surface area contributed by atoms with Crippen molar-refractivity contribution in [3.8, 4) is 0 Å². The summed E-state index contributed by atoms with van der Waals surface area (Å²) in [5, 5.41) is 3.38. The number of piperidine rings is 1. The minimum atomic E-state index is -0.371. The van der Waals surface area contributed by atoms with Crippen LogP contribution in [-0.4, -0.2) is 50.2 Å². The number of hydrogen-bond donors (Lipinski definition) is 1. The predicted molar refractivity (Wildman–Crippen MR) is 82.2 cm³/mol. The second-order valence-corrected chi connectivity index (χ2v) is 6.13. The molecule has 1 atom stereocenters. The van der Waals surface area contributed by atoms with Crippen LogP contribution < -0.4 is 5.32 Å². The van der Waals surface area contributed by atoms with E-state index < -0.39 is 0 Å². The van der Waals surface area contributed by atoms with Crippen molar-refractivity contribution < 1.29 is 9.53 Å². The summed E-state index contributed by atoms with van der Waals surface area (Å²) >= 11 is 0. The number of benzene rings is 1. The van der Waals surface area contributed by atoms with E-state index in [0.29, 0.717) is 6.61 Å². The van der Waals surface area contributed by atoms with Gasteiger partial charge in [0, 0.05) is 13.7 Å². The van der Waals surface area contributed by atoms with Crippen LogP contribution in [0, 0.1) is 0 Å². The van der Waals surface area contributed by atoms with Gasteiger partial charge in [-0.25, -0.2) is 0 Å². The zero-order valence-corrected chi connectivity index (χ0v) is 12.7. The Labute approximate surface area is 126 Å². The molecule has 1 aromatic carbocycles. The van der Waals surface area contributed by atoms with Crippen LogP contribution in [0.2, 0.25) is 0 Å². The fourth-order valence-corrected chi connectivity index (χ4v) is 3.57. The van der Waals surface area contributed by atoms with Crippen molar-refractivity contribution in [3.63, 3.8) is 0 Å². The molecule has 1 amide bonds. The normalized spacial score (nSPS) is 24.7. The number of nitrogens with one attached hydrogen (secondary N) is 1. The highest BCUT2D eigenvalue weighted by atomic mass is 16.5. The summed E-state index contributed by atoms with van der Waals surface area (Å²) in [5.74, 6) is 0.255. The summed E-state index contributed by atoms with van der Waals surface area (Å²) in [6.07, 6.45) is 2.69. The maximum absolute atomic E-state index is 13.3. The molecule has 0 bridgehead atoms. The Morgan fingerprint density at radius 3 is 2.62 bits per heavy atom. The molecule has 2 fully saturated rings. The molecule has 0 radical (unpaired) electrons. The highest BCUT2D eigenvalue weighted by molar-refractivity contribution is 5.88. The van der Waals surface area contributed by atoms with Gasteiger partial charge in [-0.15, -0.1) is 0 Å².